The van der Waals surface area contributed by atoms with E-state index in [4.69, 9.17) is 9.47 Å². The van der Waals surface area contributed by atoms with Gasteiger partial charge in [-0.05, 0) is 25.0 Å². The molecule has 0 fully saturated rings. The van der Waals surface area contributed by atoms with E-state index in [1.165, 1.54) is 16.5 Å². The Bertz CT molecular complexity index is 624. The highest BCUT2D eigenvalue weighted by Crippen LogP contribution is 2.17. The molecule has 0 aliphatic carbocycles. The van der Waals surface area contributed by atoms with Crippen LogP contribution in [0.3, 0.4) is 0 Å². The van der Waals surface area contributed by atoms with Crippen LogP contribution in [0.4, 0.5) is 0 Å². The lowest BCUT2D eigenvalue weighted by atomic mass is 10.1. The quantitative estimate of drug-likeness (QED) is 0.353. The minimum Gasteiger partial charge on any atom is -0.382 e. The van der Waals surface area contributed by atoms with Gasteiger partial charge in [-0.2, -0.15) is 0 Å². The number of para-hydroxylation sites is 1. The Morgan fingerprint density at radius 3 is 2.88 bits per heavy atom. The van der Waals surface area contributed by atoms with Crippen LogP contribution in [0.5, 0.6) is 0 Å². The van der Waals surface area contributed by atoms with Crippen molar-refractivity contribution >= 4 is 16.9 Å². The van der Waals surface area contributed by atoms with E-state index in [0.717, 1.165) is 25.5 Å². The van der Waals surface area contributed by atoms with Gasteiger partial charge in [0.05, 0.1) is 26.4 Å². The summed E-state index contributed by atoms with van der Waals surface area (Å²) in [6.45, 7) is 6.19. The molecular weight excluding hydrogens is 304 g/mol. The van der Waals surface area contributed by atoms with Crippen LogP contribution in [0.25, 0.3) is 10.9 Å². The van der Waals surface area contributed by atoms with E-state index in [0.29, 0.717) is 26.4 Å². The number of hydrogen-bond donors (Lipinski definition) is 3. The highest BCUT2D eigenvalue weighted by molar-refractivity contribution is 5.83. The molecule has 0 saturated heterocycles. The van der Waals surface area contributed by atoms with Gasteiger partial charge < -0.3 is 25.1 Å². The van der Waals surface area contributed by atoms with E-state index >= 15 is 0 Å². The SMILES string of the molecule is CCNC(=NCCOCCOC)NCCc1c[nH]c2ccccc12. The number of benzene rings is 1. The Morgan fingerprint density at radius 1 is 1.17 bits per heavy atom. The van der Waals surface area contributed by atoms with Crippen LogP contribution in [-0.4, -0.2) is 57.5 Å². The zero-order valence-corrected chi connectivity index (χ0v) is 14.6. The Kier molecular flexibility index (Phi) is 8.13. The molecule has 132 valence electrons. The second kappa shape index (κ2) is 10.7. The van der Waals surface area contributed by atoms with Crippen molar-refractivity contribution in [2.45, 2.75) is 13.3 Å². The second-order valence-electron chi connectivity index (χ2n) is 5.40. The van der Waals surface area contributed by atoms with Crippen molar-refractivity contribution in [2.24, 2.45) is 4.99 Å². The molecule has 3 N–H and O–H groups in total. The third-order valence-corrected chi connectivity index (χ3v) is 3.64. The molecule has 0 amide bonds. The molecule has 0 bridgehead atoms. The first-order valence-electron chi connectivity index (χ1n) is 8.49. The van der Waals surface area contributed by atoms with Crippen LogP contribution in [0.2, 0.25) is 0 Å². The van der Waals surface area contributed by atoms with E-state index < -0.39 is 0 Å². The number of nitrogens with zero attached hydrogens (tertiary/aromatic N) is 1. The van der Waals surface area contributed by atoms with Gasteiger partial charge in [-0.1, -0.05) is 18.2 Å². The zero-order chi connectivity index (χ0) is 17.0. The topological polar surface area (TPSA) is 70.7 Å². The van der Waals surface area contributed by atoms with Gasteiger partial charge in [-0.25, -0.2) is 0 Å². The number of fused-ring (bicyclic) bond motifs is 1. The number of aromatic nitrogens is 1. The number of guanidine groups is 1. The second-order valence-corrected chi connectivity index (χ2v) is 5.40. The van der Waals surface area contributed by atoms with Gasteiger partial charge in [-0.3, -0.25) is 4.99 Å². The van der Waals surface area contributed by atoms with Gasteiger partial charge in [-0.15, -0.1) is 0 Å². The Labute approximate surface area is 143 Å². The number of hydrogen-bond acceptors (Lipinski definition) is 3. The minimum absolute atomic E-state index is 0.600. The number of methoxy groups -OCH3 is 1. The van der Waals surface area contributed by atoms with E-state index in [1.807, 2.05) is 6.07 Å². The molecule has 0 saturated carbocycles. The largest absolute Gasteiger partial charge is 0.382 e. The Morgan fingerprint density at radius 2 is 2.04 bits per heavy atom. The van der Waals surface area contributed by atoms with E-state index in [2.05, 4.69) is 51.9 Å². The van der Waals surface area contributed by atoms with Crippen LogP contribution in [0.1, 0.15) is 12.5 Å². The molecule has 1 heterocycles. The fourth-order valence-electron chi connectivity index (χ4n) is 2.46. The summed E-state index contributed by atoms with van der Waals surface area (Å²) in [5.74, 6) is 0.827. The van der Waals surface area contributed by atoms with Crippen molar-refractivity contribution in [1.82, 2.24) is 15.6 Å². The summed E-state index contributed by atoms with van der Waals surface area (Å²) in [5.41, 5.74) is 2.50. The van der Waals surface area contributed by atoms with Crippen LogP contribution in [0.15, 0.2) is 35.5 Å². The molecular formula is C18H28N4O2. The number of aliphatic imine (C=N–C) groups is 1. The van der Waals surface area contributed by atoms with Crippen LogP contribution < -0.4 is 10.6 Å². The molecule has 6 heteroatoms. The first-order chi connectivity index (χ1) is 11.8. The van der Waals surface area contributed by atoms with Crippen molar-refractivity contribution in [1.29, 1.82) is 0 Å². The first-order valence-corrected chi connectivity index (χ1v) is 8.49. The van der Waals surface area contributed by atoms with Gasteiger partial charge in [0.15, 0.2) is 5.96 Å². The normalized spacial score (nSPS) is 11.8. The standard InChI is InChI=1S/C18H28N4O2/c1-3-19-18(21-10-11-24-13-12-23-2)20-9-8-15-14-22-17-7-5-4-6-16(15)17/h4-7,14,22H,3,8-13H2,1-2H3,(H2,19,20,21). The van der Waals surface area contributed by atoms with Gasteiger partial charge in [0, 0.05) is 37.3 Å². The number of H-pyrrole nitrogens is 1. The molecule has 0 unspecified atom stereocenters. The molecule has 0 aliphatic rings. The number of rotatable bonds is 10. The number of nitrogens with one attached hydrogen (secondary N) is 3. The van der Waals surface area contributed by atoms with E-state index in [-0.39, 0.29) is 0 Å². The third-order valence-electron chi connectivity index (χ3n) is 3.64. The van der Waals surface area contributed by atoms with Gasteiger partial charge >= 0.3 is 0 Å². The maximum Gasteiger partial charge on any atom is 0.191 e. The molecule has 0 radical (unpaired) electrons. The maximum absolute atomic E-state index is 5.42. The van der Waals surface area contributed by atoms with Crippen molar-refractivity contribution in [3.8, 4) is 0 Å². The van der Waals surface area contributed by atoms with Gasteiger partial charge in [0.1, 0.15) is 0 Å². The summed E-state index contributed by atoms with van der Waals surface area (Å²) in [5, 5.41) is 7.91. The molecule has 2 rings (SSSR count). The molecule has 0 aliphatic heterocycles. The van der Waals surface area contributed by atoms with Crippen LogP contribution in [-0.2, 0) is 15.9 Å². The monoisotopic (exact) mass is 332 g/mol. The van der Waals surface area contributed by atoms with Crippen LogP contribution in [0, 0.1) is 0 Å². The summed E-state index contributed by atoms with van der Waals surface area (Å²) >= 11 is 0. The molecule has 1 aromatic heterocycles. The number of ether oxygens (including phenoxy) is 2. The first kappa shape index (κ1) is 18.3. The average molecular weight is 332 g/mol. The Balaban J connectivity index is 1.76. The summed E-state index contributed by atoms with van der Waals surface area (Å²) in [6.07, 6.45) is 3.03. The molecule has 1 aromatic carbocycles. The van der Waals surface area contributed by atoms with E-state index in [9.17, 15) is 0 Å². The molecule has 0 atom stereocenters. The fraction of sp³-hybridized carbons (Fsp3) is 0.500. The minimum atomic E-state index is 0.600. The van der Waals surface area contributed by atoms with Crippen molar-refractivity contribution in [3.05, 3.63) is 36.0 Å². The smallest absolute Gasteiger partial charge is 0.191 e. The summed E-state index contributed by atoms with van der Waals surface area (Å²) < 4.78 is 10.4. The highest BCUT2D eigenvalue weighted by Gasteiger charge is 2.03. The van der Waals surface area contributed by atoms with Gasteiger partial charge in [0.2, 0.25) is 0 Å². The van der Waals surface area contributed by atoms with Crippen molar-refractivity contribution < 1.29 is 9.47 Å². The summed E-state index contributed by atoms with van der Waals surface area (Å²) in [7, 11) is 1.67. The van der Waals surface area contributed by atoms with Crippen molar-refractivity contribution in [3.63, 3.8) is 0 Å². The molecule has 0 spiro atoms. The molecule has 2 aromatic rings. The average Bonchev–Trinajstić information content (AvgIpc) is 3.01. The van der Waals surface area contributed by atoms with Crippen molar-refractivity contribution in [2.75, 3.05) is 46.6 Å². The molecule has 24 heavy (non-hydrogen) atoms. The fourth-order valence-corrected chi connectivity index (χ4v) is 2.46. The lowest BCUT2D eigenvalue weighted by molar-refractivity contribution is 0.0748. The summed E-state index contributed by atoms with van der Waals surface area (Å²) in [6, 6.07) is 8.37. The molecule has 6 nitrogen and oxygen atoms in total. The summed E-state index contributed by atoms with van der Waals surface area (Å²) in [4.78, 5) is 7.82. The number of aromatic amines is 1. The highest BCUT2D eigenvalue weighted by atomic mass is 16.5. The lowest BCUT2D eigenvalue weighted by Crippen LogP contribution is -2.38. The van der Waals surface area contributed by atoms with Crippen LogP contribution >= 0.6 is 0 Å². The van der Waals surface area contributed by atoms with Gasteiger partial charge in [0.25, 0.3) is 0 Å². The zero-order valence-electron chi connectivity index (χ0n) is 14.6. The Hall–Kier alpha value is -2.05. The maximum atomic E-state index is 5.42. The van der Waals surface area contributed by atoms with E-state index in [1.54, 1.807) is 7.11 Å². The predicted molar refractivity (Wildman–Crippen MR) is 98.7 cm³/mol. The third kappa shape index (κ3) is 5.86. The predicted octanol–water partition coefficient (Wildman–Crippen LogP) is 1.93. The lowest BCUT2D eigenvalue weighted by Gasteiger charge is -2.11.